The third-order valence-electron chi connectivity index (χ3n) is 4.76. The number of ether oxygens (including phenoxy) is 2. The number of rotatable bonds is 1. The van der Waals surface area contributed by atoms with E-state index < -0.39 is 5.54 Å². The van der Waals surface area contributed by atoms with Crippen molar-refractivity contribution in [2.45, 2.75) is 5.54 Å². The van der Waals surface area contributed by atoms with E-state index in [1.165, 1.54) is 0 Å². The molecule has 3 heterocycles. The first-order valence-corrected chi connectivity index (χ1v) is 8.96. The molecule has 2 N–H and O–H groups in total. The Morgan fingerprint density at radius 1 is 1.00 bits per heavy atom. The molecule has 1 spiro atoms. The summed E-state index contributed by atoms with van der Waals surface area (Å²) in [5.74, 6) is 1.52. The second-order valence-electron chi connectivity index (χ2n) is 6.29. The number of pyridine rings is 1. The van der Waals surface area contributed by atoms with Gasteiger partial charge in [-0.15, -0.1) is 0 Å². The zero-order chi connectivity index (χ0) is 17.7. The van der Waals surface area contributed by atoms with Crippen molar-refractivity contribution in [2.24, 2.45) is 10.7 Å². The van der Waals surface area contributed by atoms with Crippen LogP contribution < -0.4 is 10.5 Å². The van der Waals surface area contributed by atoms with Crippen LogP contribution in [0.25, 0.3) is 11.1 Å². The first-order valence-electron chi connectivity index (χ1n) is 8.17. The summed E-state index contributed by atoms with van der Waals surface area (Å²) in [7, 11) is 0. The number of halogens is 1. The molecule has 0 unspecified atom stereocenters. The van der Waals surface area contributed by atoms with Crippen LogP contribution in [0.3, 0.4) is 0 Å². The molecular formula is C20H14BrN3O2. The minimum atomic E-state index is -0.713. The Morgan fingerprint density at radius 2 is 1.81 bits per heavy atom. The maximum Gasteiger partial charge on any atom is 0.283 e. The third-order valence-corrected chi connectivity index (χ3v) is 5.25. The largest absolute Gasteiger partial charge is 0.462 e. The van der Waals surface area contributed by atoms with E-state index in [1.54, 1.807) is 6.20 Å². The fourth-order valence-corrected chi connectivity index (χ4v) is 3.90. The second kappa shape index (κ2) is 5.57. The van der Waals surface area contributed by atoms with Gasteiger partial charge < -0.3 is 15.2 Å². The lowest BCUT2D eigenvalue weighted by Gasteiger charge is -2.33. The maximum absolute atomic E-state index is 6.14. The normalized spacial score (nSPS) is 20.0. The number of nitrogens with two attached hydrogens (primary N) is 1. The van der Waals surface area contributed by atoms with Gasteiger partial charge in [-0.2, -0.15) is 0 Å². The molecular weight excluding hydrogens is 394 g/mol. The molecule has 0 saturated heterocycles. The van der Waals surface area contributed by atoms with Gasteiger partial charge in [0.15, 0.2) is 5.54 Å². The van der Waals surface area contributed by atoms with Gasteiger partial charge in [-0.25, -0.2) is 4.99 Å². The van der Waals surface area contributed by atoms with Crippen LogP contribution in [0, 0.1) is 0 Å². The number of amidine groups is 1. The lowest BCUT2D eigenvalue weighted by atomic mass is 9.80. The molecule has 3 aromatic rings. The number of hydrogen-bond donors (Lipinski definition) is 1. The summed E-state index contributed by atoms with van der Waals surface area (Å²) in [6, 6.07) is 16.1. The van der Waals surface area contributed by atoms with Crippen molar-refractivity contribution in [2.75, 3.05) is 6.61 Å². The van der Waals surface area contributed by atoms with Gasteiger partial charge >= 0.3 is 0 Å². The van der Waals surface area contributed by atoms with E-state index >= 15 is 0 Å². The fourth-order valence-electron chi connectivity index (χ4n) is 3.54. The molecule has 2 aliphatic heterocycles. The molecule has 2 aliphatic rings. The molecule has 128 valence electrons. The van der Waals surface area contributed by atoms with Crippen molar-refractivity contribution in [3.63, 3.8) is 0 Å². The van der Waals surface area contributed by atoms with Gasteiger partial charge in [-0.05, 0) is 42.0 Å². The fraction of sp³-hybridized carbons (Fsp3) is 0.100. The van der Waals surface area contributed by atoms with Crippen molar-refractivity contribution < 1.29 is 9.47 Å². The highest BCUT2D eigenvalue weighted by molar-refractivity contribution is 9.10. The number of benzene rings is 2. The van der Waals surface area contributed by atoms with Crippen LogP contribution in [-0.4, -0.2) is 17.6 Å². The molecule has 1 aromatic heterocycles. The van der Waals surface area contributed by atoms with Gasteiger partial charge in [0.2, 0.25) is 0 Å². The average Bonchev–Trinajstić information content (AvgIpc) is 3.06. The molecule has 2 aromatic carbocycles. The molecule has 0 bridgehead atoms. The molecule has 1 atom stereocenters. The average molecular weight is 408 g/mol. The molecule has 5 rings (SSSR count). The number of fused-ring (bicyclic) bond motifs is 4. The van der Waals surface area contributed by atoms with Crippen molar-refractivity contribution in [3.8, 4) is 22.6 Å². The molecule has 0 aliphatic carbocycles. The van der Waals surface area contributed by atoms with Gasteiger partial charge in [0.1, 0.15) is 18.1 Å². The quantitative estimate of drug-likeness (QED) is 0.655. The first-order chi connectivity index (χ1) is 12.7. The van der Waals surface area contributed by atoms with E-state index in [-0.39, 0.29) is 6.02 Å². The topological polar surface area (TPSA) is 69.7 Å². The molecule has 26 heavy (non-hydrogen) atoms. The minimum Gasteiger partial charge on any atom is -0.462 e. The summed E-state index contributed by atoms with van der Waals surface area (Å²) < 4.78 is 12.7. The summed E-state index contributed by atoms with van der Waals surface area (Å²) in [5.41, 5.74) is 9.13. The maximum atomic E-state index is 6.14. The lowest BCUT2D eigenvalue weighted by Crippen LogP contribution is -2.31. The van der Waals surface area contributed by atoms with Gasteiger partial charge in [-0.1, -0.05) is 28.1 Å². The summed E-state index contributed by atoms with van der Waals surface area (Å²) in [5, 5.41) is 0. The van der Waals surface area contributed by atoms with E-state index in [1.807, 2.05) is 48.7 Å². The van der Waals surface area contributed by atoms with Gasteiger partial charge in [0, 0.05) is 33.6 Å². The van der Waals surface area contributed by atoms with Crippen LogP contribution in [0.15, 0.2) is 70.4 Å². The predicted molar refractivity (Wildman–Crippen MR) is 102 cm³/mol. The second-order valence-corrected chi connectivity index (χ2v) is 7.21. The zero-order valence-electron chi connectivity index (χ0n) is 13.6. The van der Waals surface area contributed by atoms with Crippen LogP contribution in [0.4, 0.5) is 0 Å². The summed E-state index contributed by atoms with van der Waals surface area (Å²) in [4.78, 5) is 8.91. The Balaban J connectivity index is 1.76. The molecule has 5 nitrogen and oxygen atoms in total. The highest BCUT2D eigenvalue weighted by Gasteiger charge is 2.47. The van der Waals surface area contributed by atoms with Crippen LogP contribution in [0.5, 0.6) is 11.5 Å². The Kier molecular flexibility index (Phi) is 3.30. The lowest BCUT2D eigenvalue weighted by molar-refractivity contribution is 0.264. The van der Waals surface area contributed by atoms with Crippen molar-refractivity contribution >= 4 is 22.0 Å². The van der Waals surface area contributed by atoms with E-state index in [0.717, 1.165) is 38.2 Å². The monoisotopic (exact) mass is 407 g/mol. The number of hydrogen-bond acceptors (Lipinski definition) is 5. The minimum absolute atomic E-state index is 0.190. The van der Waals surface area contributed by atoms with E-state index in [9.17, 15) is 0 Å². The van der Waals surface area contributed by atoms with Crippen molar-refractivity contribution in [1.29, 1.82) is 0 Å². The summed E-state index contributed by atoms with van der Waals surface area (Å²) in [6.45, 7) is 0.342. The first kappa shape index (κ1) is 15.4. The smallest absolute Gasteiger partial charge is 0.283 e. The Bertz CT molecular complexity index is 1050. The number of nitrogens with zero attached hydrogens (tertiary/aromatic N) is 2. The SMILES string of the molecule is NC1=N[C@]2(CO1)c1cc(Br)ccc1Oc1ccc(-c3cccnc3)cc12. The van der Waals surface area contributed by atoms with Crippen molar-refractivity contribution in [1.82, 2.24) is 4.98 Å². The Labute approximate surface area is 158 Å². The molecule has 6 heteroatoms. The Morgan fingerprint density at radius 3 is 2.54 bits per heavy atom. The van der Waals surface area contributed by atoms with E-state index in [4.69, 9.17) is 20.2 Å². The van der Waals surface area contributed by atoms with Gasteiger partial charge in [-0.3, -0.25) is 4.98 Å². The summed E-state index contributed by atoms with van der Waals surface area (Å²) >= 11 is 3.54. The van der Waals surface area contributed by atoms with Crippen LogP contribution >= 0.6 is 15.9 Å². The number of aliphatic imine (C=N–C) groups is 1. The van der Waals surface area contributed by atoms with Crippen LogP contribution in [0.1, 0.15) is 11.1 Å². The third kappa shape index (κ3) is 2.22. The highest BCUT2D eigenvalue weighted by Crippen LogP contribution is 2.52. The van der Waals surface area contributed by atoms with Gasteiger partial charge in [0.05, 0.1) is 0 Å². The molecule has 0 saturated carbocycles. The molecule has 0 radical (unpaired) electrons. The van der Waals surface area contributed by atoms with E-state index in [0.29, 0.717) is 6.61 Å². The highest BCUT2D eigenvalue weighted by atomic mass is 79.9. The predicted octanol–water partition coefficient (Wildman–Crippen LogP) is 4.21. The standard InChI is InChI=1S/C20H14BrN3O2/c21-14-4-6-18-16(9-14)20(11-25-19(22)24-20)15-8-12(3-5-17(15)26-18)13-2-1-7-23-10-13/h1-10H,11H2,(H2,22,24)/t20-/m0/s1. The van der Waals surface area contributed by atoms with Gasteiger partial charge in [0.25, 0.3) is 6.02 Å². The van der Waals surface area contributed by atoms with E-state index in [2.05, 4.69) is 27.0 Å². The van der Waals surface area contributed by atoms with Crippen LogP contribution in [0.2, 0.25) is 0 Å². The van der Waals surface area contributed by atoms with Crippen LogP contribution in [-0.2, 0) is 10.3 Å². The van der Waals surface area contributed by atoms with Crippen molar-refractivity contribution in [3.05, 3.63) is 76.5 Å². The number of aromatic nitrogens is 1. The zero-order valence-corrected chi connectivity index (χ0v) is 15.2. The Hall–Kier alpha value is -2.86. The molecule has 0 amide bonds. The summed E-state index contributed by atoms with van der Waals surface area (Å²) in [6.07, 6.45) is 3.60. The molecule has 0 fully saturated rings.